The SMILES string of the molecule is CC12CCC(C1)C(C)(C)C2N1C=[N+](C2C3(C)CCC(C3)C2(C)C)CC1. The molecule has 0 saturated heterocycles. The predicted octanol–water partition coefficient (Wildman–Crippen LogP) is 4.77. The van der Waals surface area contributed by atoms with Crippen molar-refractivity contribution >= 4 is 6.34 Å². The fourth-order valence-electron chi connectivity index (χ4n) is 9.14. The highest BCUT2D eigenvalue weighted by Gasteiger charge is 2.66. The average molecular weight is 344 g/mol. The Balaban J connectivity index is 1.47. The third kappa shape index (κ3) is 1.95. The minimum absolute atomic E-state index is 0.480. The van der Waals surface area contributed by atoms with Crippen LogP contribution in [0.4, 0.5) is 0 Å². The van der Waals surface area contributed by atoms with E-state index in [1.807, 2.05) is 0 Å². The van der Waals surface area contributed by atoms with Crippen molar-refractivity contribution in [3.05, 3.63) is 0 Å². The van der Waals surface area contributed by atoms with E-state index < -0.39 is 0 Å². The van der Waals surface area contributed by atoms with Gasteiger partial charge in [-0.3, -0.25) is 9.48 Å². The second-order valence-electron chi connectivity index (χ2n) is 12.2. The molecular formula is C23H39N2+. The lowest BCUT2D eigenvalue weighted by Gasteiger charge is -2.43. The highest BCUT2D eigenvalue weighted by molar-refractivity contribution is 5.52. The van der Waals surface area contributed by atoms with Gasteiger partial charge in [-0.15, -0.1) is 0 Å². The summed E-state index contributed by atoms with van der Waals surface area (Å²) in [7, 11) is 0. The van der Waals surface area contributed by atoms with Crippen LogP contribution in [0.2, 0.25) is 0 Å². The van der Waals surface area contributed by atoms with Gasteiger partial charge in [0, 0.05) is 21.7 Å². The van der Waals surface area contributed by atoms with Gasteiger partial charge in [0.25, 0.3) is 0 Å². The summed E-state index contributed by atoms with van der Waals surface area (Å²) >= 11 is 0. The number of hydrogen-bond donors (Lipinski definition) is 0. The highest BCUT2D eigenvalue weighted by atomic mass is 15.3. The van der Waals surface area contributed by atoms with Crippen LogP contribution in [0, 0.1) is 33.5 Å². The predicted molar refractivity (Wildman–Crippen MR) is 104 cm³/mol. The molecular weight excluding hydrogens is 304 g/mol. The molecule has 25 heavy (non-hydrogen) atoms. The summed E-state index contributed by atoms with van der Waals surface area (Å²) in [6.07, 6.45) is 11.4. The van der Waals surface area contributed by atoms with Crippen molar-refractivity contribution in [1.29, 1.82) is 0 Å². The summed E-state index contributed by atoms with van der Waals surface area (Å²) in [5, 5.41) is 0. The smallest absolute Gasteiger partial charge is 0.234 e. The van der Waals surface area contributed by atoms with E-state index in [1.165, 1.54) is 51.6 Å². The molecule has 0 aromatic carbocycles. The maximum Gasteiger partial charge on any atom is 0.234 e. The monoisotopic (exact) mass is 343 g/mol. The van der Waals surface area contributed by atoms with Crippen LogP contribution in [0.5, 0.6) is 0 Å². The Bertz CT molecular complexity index is 622. The van der Waals surface area contributed by atoms with Crippen LogP contribution in [0.25, 0.3) is 0 Å². The summed E-state index contributed by atoms with van der Waals surface area (Å²) in [6, 6.07) is 1.50. The van der Waals surface area contributed by atoms with E-state index in [1.54, 1.807) is 0 Å². The molecule has 1 aliphatic heterocycles. The summed E-state index contributed by atoms with van der Waals surface area (Å²) in [5.74, 6) is 1.89. The van der Waals surface area contributed by atoms with Crippen molar-refractivity contribution in [1.82, 2.24) is 4.90 Å². The molecule has 4 fully saturated rings. The van der Waals surface area contributed by atoms with Crippen LogP contribution in [0.15, 0.2) is 0 Å². The molecule has 4 saturated carbocycles. The second kappa shape index (κ2) is 4.65. The Hall–Kier alpha value is -0.530. The van der Waals surface area contributed by atoms with Gasteiger partial charge in [-0.25, -0.2) is 0 Å². The largest absolute Gasteiger partial charge is 0.260 e. The molecule has 2 heteroatoms. The number of nitrogens with zero attached hydrogens (tertiary/aromatic N) is 2. The normalized spacial score (nSPS) is 52.2. The minimum atomic E-state index is 0.480. The maximum absolute atomic E-state index is 2.80. The number of fused-ring (bicyclic) bond motifs is 4. The molecule has 5 aliphatic rings. The zero-order chi connectivity index (χ0) is 17.8. The van der Waals surface area contributed by atoms with Gasteiger partial charge in [-0.2, -0.15) is 0 Å². The lowest BCUT2D eigenvalue weighted by atomic mass is 9.68. The van der Waals surface area contributed by atoms with Crippen LogP contribution >= 0.6 is 0 Å². The first kappa shape index (κ1) is 16.6. The van der Waals surface area contributed by atoms with Gasteiger partial charge in [-0.1, -0.05) is 41.5 Å². The van der Waals surface area contributed by atoms with E-state index in [2.05, 4.69) is 57.4 Å². The second-order valence-corrected chi connectivity index (χ2v) is 12.2. The Kier molecular flexibility index (Phi) is 3.09. The van der Waals surface area contributed by atoms with Crippen LogP contribution in [-0.2, 0) is 0 Å². The van der Waals surface area contributed by atoms with Crippen molar-refractivity contribution in [3.63, 3.8) is 0 Å². The van der Waals surface area contributed by atoms with Gasteiger partial charge >= 0.3 is 0 Å². The lowest BCUT2D eigenvalue weighted by Crippen LogP contribution is -2.52. The van der Waals surface area contributed by atoms with Crippen molar-refractivity contribution in [2.24, 2.45) is 33.5 Å². The zero-order valence-electron chi connectivity index (χ0n) is 17.4. The number of hydrogen-bond acceptors (Lipinski definition) is 1. The van der Waals surface area contributed by atoms with Crippen LogP contribution in [0.1, 0.15) is 80.1 Å². The van der Waals surface area contributed by atoms with Crippen molar-refractivity contribution in [2.75, 3.05) is 13.1 Å². The Morgan fingerprint density at radius 3 is 2.00 bits per heavy atom. The third-order valence-electron chi connectivity index (χ3n) is 9.96. The van der Waals surface area contributed by atoms with E-state index >= 15 is 0 Å². The van der Waals surface area contributed by atoms with Gasteiger partial charge in [0.1, 0.15) is 25.2 Å². The highest BCUT2D eigenvalue weighted by Crippen LogP contribution is 2.65. The molecule has 0 aromatic heterocycles. The van der Waals surface area contributed by atoms with E-state index in [-0.39, 0.29) is 0 Å². The summed E-state index contributed by atoms with van der Waals surface area (Å²) in [4.78, 5) is 2.80. The minimum Gasteiger partial charge on any atom is -0.260 e. The van der Waals surface area contributed by atoms with Gasteiger partial charge in [-0.05, 0) is 50.4 Å². The van der Waals surface area contributed by atoms with Gasteiger partial charge in [0.05, 0.1) is 0 Å². The molecule has 0 spiro atoms. The maximum atomic E-state index is 2.80. The fraction of sp³-hybridized carbons (Fsp3) is 0.957. The van der Waals surface area contributed by atoms with E-state index in [0.717, 1.165) is 23.9 Å². The molecule has 6 atom stereocenters. The first-order valence-electron chi connectivity index (χ1n) is 10.9. The Morgan fingerprint density at radius 2 is 1.44 bits per heavy atom. The first-order chi connectivity index (χ1) is 11.6. The Morgan fingerprint density at radius 1 is 0.840 bits per heavy atom. The molecule has 4 aliphatic carbocycles. The topological polar surface area (TPSA) is 6.25 Å². The standard InChI is InChI=1S/C23H39N2/c1-20(2)16-7-9-22(5,13-16)18(20)24-11-12-25(15-24)19-21(3,4)17-8-10-23(19,6)14-17/h15-19H,7-14H2,1-6H3/q+1. The molecule has 5 rings (SSSR count). The van der Waals surface area contributed by atoms with E-state index in [0.29, 0.717) is 21.7 Å². The quantitative estimate of drug-likeness (QED) is 0.654. The fourth-order valence-corrected chi connectivity index (χ4v) is 9.14. The molecule has 0 amide bonds. The average Bonchev–Trinajstić information content (AvgIpc) is 3.23. The molecule has 0 radical (unpaired) electrons. The summed E-state index contributed by atoms with van der Waals surface area (Å²) in [5.41, 5.74) is 2.06. The molecule has 1 heterocycles. The van der Waals surface area contributed by atoms with Crippen LogP contribution in [0.3, 0.4) is 0 Å². The lowest BCUT2D eigenvalue weighted by molar-refractivity contribution is -0.585. The molecule has 2 nitrogen and oxygen atoms in total. The third-order valence-corrected chi connectivity index (χ3v) is 9.96. The van der Waals surface area contributed by atoms with Crippen LogP contribution < -0.4 is 0 Å². The zero-order valence-corrected chi connectivity index (χ0v) is 17.4. The van der Waals surface area contributed by atoms with Gasteiger partial charge in [0.15, 0.2) is 0 Å². The first-order valence-corrected chi connectivity index (χ1v) is 10.9. The number of rotatable bonds is 2. The summed E-state index contributed by atoms with van der Waals surface area (Å²) < 4.78 is 2.80. The van der Waals surface area contributed by atoms with E-state index in [9.17, 15) is 0 Å². The van der Waals surface area contributed by atoms with Crippen LogP contribution in [-0.4, -0.2) is 41.0 Å². The van der Waals surface area contributed by atoms with Crippen molar-refractivity contribution < 1.29 is 4.58 Å². The van der Waals surface area contributed by atoms with Gasteiger partial charge < -0.3 is 0 Å². The van der Waals surface area contributed by atoms with E-state index in [4.69, 9.17) is 0 Å². The molecule has 0 aromatic rings. The Labute approximate surface area is 155 Å². The molecule has 140 valence electrons. The van der Waals surface area contributed by atoms with Crippen molar-refractivity contribution in [3.8, 4) is 0 Å². The molecule has 0 N–H and O–H groups in total. The molecule has 6 unspecified atom stereocenters. The summed E-state index contributed by atoms with van der Waals surface area (Å²) in [6.45, 7) is 17.9. The van der Waals surface area contributed by atoms with Gasteiger partial charge in [0.2, 0.25) is 6.34 Å². The molecule has 4 bridgehead atoms. The van der Waals surface area contributed by atoms with Crippen molar-refractivity contribution in [2.45, 2.75) is 92.2 Å².